The highest BCUT2D eigenvalue weighted by molar-refractivity contribution is 6.01. The molecule has 0 atom stereocenters. The number of carbonyl (C=O) groups is 4. The number of nitrogens with zero attached hydrogens (tertiary/aromatic N) is 3. The van der Waals surface area contributed by atoms with E-state index in [0.29, 0.717) is 62.8 Å². The summed E-state index contributed by atoms with van der Waals surface area (Å²) in [5.74, 6) is -0.811. The van der Waals surface area contributed by atoms with Crippen molar-refractivity contribution < 1.29 is 23.9 Å². The molecule has 9 heteroatoms. The Kier molecular flexibility index (Phi) is 8.16. The lowest BCUT2D eigenvalue weighted by Crippen LogP contribution is -2.51. The Labute approximate surface area is 177 Å². The van der Waals surface area contributed by atoms with Crippen LogP contribution in [0.2, 0.25) is 0 Å². The Morgan fingerprint density at radius 3 is 2.17 bits per heavy atom. The predicted molar refractivity (Wildman–Crippen MR) is 112 cm³/mol. The molecule has 1 N–H and O–H groups in total. The van der Waals surface area contributed by atoms with Gasteiger partial charge in [-0.25, -0.2) is 4.79 Å². The topological polar surface area (TPSA) is 103 Å². The summed E-state index contributed by atoms with van der Waals surface area (Å²) in [6.07, 6.45) is -0.0169. The summed E-state index contributed by atoms with van der Waals surface area (Å²) in [5.41, 5.74) is 1.46. The summed E-state index contributed by atoms with van der Waals surface area (Å²) < 4.78 is 4.83. The molecule has 0 bridgehead atoms. The molecule has 2 heterocycles. The van der Waals surface area contributed by atoms with Crippen molar-refractivity contribution in [2.75, 3.05) is 52.9 Å². The second-order valence-corrected chi connectivity index (χ2v) is 7.43. The zero-order valence-corrected chi connectivity index (χ0v) is 18.5. The molecule has 1 aliphatic heterocycles. The fourth-order valence-electron chi connectivity index (χ4n) is 3.81. The van der Waals surface area contributed by atoms with Gasteiger partial charge in [0.05, 0.1) is 31.3 Å². The second kappa shape index (κ2) is 10.4. The van der Waals surface area contributed by atoms with E-state index < -0.39 is 5.97 Å². The number of carbonyl (C=O) groups excluding carboxylic acids is 4. The number of Topliss-reactive ketones (excluding diaryl/α,β-unsaturated/α-hetero) is 1. The monoisotopic (exact) mass is 420 g/mol. The zero-order valence-electron chi connectivity index (χ0n) is 18.5. The molecule has 0 unspecified atom stereocenters. The minimum Gasteiger partial charge on any atom is -0.465 e. The maximum Gasteiger partial charge on any atom is 0.339 e. The van der Waals surface area contributed by atoms with Gasteiger partial charge in [0.25, 0.3) is 0 Å². The van der Waals surface area contributed by atoms with Crippen molar-refractivity contribution >= 4 is 23.6 Å². The van der Waals surface area contributed by atoms with Gasteiger partial charge in [-0.2, -0.15) is 0 Å². The number of rotatable bonds is 8. The number of hydrogen-bond donors (Lipinski definition) is 1. The number of ketones is 1. The third kappa shape index (κ3) is 5.27. The minimum absolute atomic E-state index is 0.0169. The van der Waals surface area contributed by atoms with Crippen molar-refractivity contribution in [2.45, 2.75) is 34.1 Å². The summed E-state index contributed by atoms with van der Waals surface area (Å²) in [6, 6.07) is 0. The summed E-state index contributed by atoms with van der Waals surface area (Å²) >= 11 is 0. The van der Waals surface area contributed by atoms with E-state index in [-0.39, 0.29) is 29.6 Å². The molecular formula is C21H32N4O5. The number of H-pyrrole nitrogens is 1. The van der Waals surface area contributed by atoms with E-state index >= 15 is 0 Å². The molecule has 1 aromatic rings. The molecule has 2 rings (SSSR count). The average molecular weight is 421 g/mol. The number of nitrogens with one attached hydrogen (secondary N) is 1. The first-order chi connectivity index (χ1) is 14.2. The molecule has 1 aromatic heterocycles. The average Bonchev–Trinajstić information content (AvgIpc) is 3.04. The molecule has 1 fully saturated rings. The standard InChI is InChI=1S/C21H32N4O5/c1-6-24(7-2)18(28)13-23-8-10-25(11-9-23)17(27)12-16-19(21(29)30-5)14(3)20(22-16)15(4)26/h22H,6-13H2,1-5H3. The van der Waals surface area contributed by atoms with Crippen LogP contribution in [0.15, 0.2) is 0 Å². The highest BCUT2D eigenvalue weighted by atomic mass is 16.5. The van der Waals surface area contributed by atoms with Crippen LogP contribution in [0.1, 0.15) is 52.9 Å². The number of esters is 1. The molecule has 1 saturated heterocycles. The molecule has 166 valence electrons. The quantitative estimate of drug-likeness (QED) is 0.494. The van der Waals surface area contributed by atoms with E-state index in [1.54, 1.807) is 16.7 Å². The van der Waals surface area contributed by atoms with E-state index in [1.807, 2.05) is 13.8 Å². The molecule has 0 radical (unpaired) electrons. The summed E-state index contributed by atoms with van der Waals surface area (Å²) in [5, 5.41) is 0. The van der Waals surface area contributed by atoms with Gasteiger partial charge in [0.1, 0.15) is 0 Å². The molecule has 0 spiro atoms. The van der Waals surface area contributed by atoms with Crippen LogP contribution in [0.3, 0.4) is 0 Å². The van der Waals surface area contributed by atoms with Crippen molar-refractivity contribution in [3.05, 3.63) is 22.5 Å². The number of likely N-dealkylation sites (N-methyl/N-ethyl adjacent to an activating group) is 1. The van der Waals surface area contributed by atoms with Gasteiger partial charge in [0, 0.05) is 51.9 Å². The molecule has 0 aromatic carbocycles. The smallest absolute Gasteiger partial charge is 0.339 e. The Morgan fingerprint density at radius 1 is 1.07 bits per heavy atom. The summed E-state index contributed by atoms with van der Waals surface area (Å²) in [7, 11) is 1.27. The van der Waals surface area contributed by atoms with Crippen LogP contribution < -0.4 is 0 Å². The highest BCUT2D eigenvalue weighted by Crippen LogP contribution is 2.21. The molecule has 1 aliphatic rings. The SMILES string of the molecule is CCN(CC)C(=O)CN1CCN(C(=O)Cc2[nH]c(C(C)=O)c(C)c2C(=O)OC)CC1. The van der Waals surface area contributed by atoms with Crippen LogP contribution in [0, 0.1) is 6.92 Å². The number of aromatic nitrogens is 1. The zero-order chi connectivity index (χ0) is 22.4. The lowest BCUT2D eigenvalue weighted by molar-refractivity contribution is -0.134. The third-order valence-corrected chi connectivity index (χ3v) is 5.60. The Hall–Kier alpha value is -2.68. The van der Waals surface area contributed by atoms with Crippen LogP contribution in [-0.4, -0.2) is 96.2 Å². The maximum atomic E-state index is 12.8. The normalized spacial score (nSPS) is 14.5. The first-order valence-electron chi connectivity index (χ1n) is 10.3. The first kappa shape index (κ1) is 23.6. The molecular weight excluding hydrogens is 388 g/mol. The number of aromatic amines is 1. The van der Waals surface area contributed by atoms with E-state index in [0.717, 1.165) is 0 Å². The fraction of sp³-hybridized carbons (Fsp3) is 0.619. The number of hydrogen-bond acceptors (Lipinski definition) is 6. The Bertz CT molecular complexity index is 805. The molecule has 30 heavy (non-hydrogen) atoms. The van der Waals surface area contributed by atoms with Crippen molar-refractivity contribution in [2.24, 2.45) is 0 Å². The van der Waals surface area contributed by atoms with Crippen molar-refractivity contribution in [1.29, 1.82) is 0 Å². The Morgan fingerprint density at radius 2 is 1.67 bits per heavy atom. The van der Waals surface area contributed by atoms with E-state index in [9.17, 15) is 19.2 Å². The summed E-state index contributed by atoms with van der Waals surface area (Å²) in [4.78, 5) is 57.6. The van der Waals surface area contributed by atoms with Gasteiger partial charge in [0.15, 0.2) is 5.78 Å². The third-order valence-electron chi connectivity index (χ3n) is 5.60. The van der Waals surface area contributed by atoms with E-state index in [1.165, 1.54) is 14.0 Å². The number of ether oxygens (including phenoxy) is 1. The van der Waals surface area contributed by atoms with Gasteiger partial charge >= 0.3 is 5.97 Å². The summed E-state index contributed by atoms with van der Waals surface area (Å²) in [6.45, 7) is 11.0. The minimum atomic E-state index is -0.571. The molecule has 0 saturated carbocycles. The number of amides is 2. The van der Waals surface area contributed by atoms with E-state index in [2.05, 4.69) is 9.88 Å². The van der Waals surface area contributed by atoms with Gasteiger partial charge in [0.2, 0.25) is 11.8 Å². The van der Waals surface area contributed by atoms with Gasteiger partial charge in [-0.1, -0.05) is 0 Å². The van der Waals surface area contributed by atoms with Crippen LogP contribution >= 0.6 is 0 Å². The predicted octanol–water partition coefficient (Wildman–Crippen LogP) is 0.867. The lowest BCUT2D eigenvalue weighted by atomic mass is 10.1. The molecule has 9 nitrogen and oxygen atoms in total. The van der Waals surface area contributed by atoms with Crippen molar-refractivity contribution in [3.8, 4) is 0 Å². The first-order valence-corrected chi connectivity index (χ1v) is 10.3. The molecule has 0 aliphatic carbocycles. The lowest BCUT2D eigenvalue weighted by Gasteiger charge is -2.35. The molecule has 2 amide bonds. The largest absolute Gasteiger partial charge is 0.465 e. The van der Waals surface area contributed by atoms with E-state index in [4.69, 9.17) is 4.74 Å². The van der Waals surface area contributed by atoms with Crippen LogP contribution in [0.5, 0.6) is 0 Å². The van der Waals surface area contributed by atoms with Crippen molar-refractivity contribution in [3.63, 3.8) is 0 Å². The maximum absolute atomic E-state index is 12.8. The fourth-order valence-corrected chi connectivity index (χ4v) is 3.81. The Balaban J connectivity index is 2.02. The highest BCUT2D eigenvalue weighted by Gasteiger charge is 2.28. The number of methoxy groups -OCH3 is 1. The van der Waals surface area contributed by atoms with Crippen LogP contribution in [0.25, 0.3) is 0 Å². The van der Waals surface area contributed by atoms with Crippen LogP contribution in [0.4, 0.5) is 0 Å². The number of piperazine rings is 1. The second-order valence-electron chi connectivity index (χ2n) is 7.43. The van der Waals surface area contributed by atoms with Gasteiger partial charge in [-0.15, -0.1) is 0 Å². The van der Waals surface area contributed by atoms with Crippen LogP contribution in [-0.2, 0) is 20.7 Å². The van der Waals surface area contributed by atoms with Gasteiger partial charge in [-0.3, -0.25) is 19.3 Å². The van der Waals surface area contributed by atoms with Gasteiger partial charge < -0.3 is 19.5 Å². The van der Waals surface area contributed by atoms with Gasteiger partial charge in [-0.05, 0) is 26.3 Å². The van der Waals surface area contributed by atoms with Crippen molar-refractivity contribution in [1.82, 2.24) is 19.7 Å².